The van der Waals surface area contributed by atoms with Gasteiger partial charge < -0.3 is 19.6 Å². The normalized spacial score (nSPS) is 17.2. The fourth-order valence-electron chi connectivity index (χ4n) is 2.91. The van der Waals surface area contributed by atoms with Crippen molar-refractivity contribution in [2.45, 2.75) is 19.4 Å². The van der Waals surface area contributed by atoms with Gasteiger partial charge in [0.25, 0.3) is 5.91 Å². The second-order valence-corrected chi connectivity index (χ2v) is 6.31. The molecule has 0 aromatic heterocycles. The van der Waals surface area contributed by atoms with E-state index in [9.17, 15) is 14.4 Å². The van der Waals surface area contributed by atoms with Gasteiger partial charge in [-0.2, -0.15) is 0 Å². The van der Waals surface area contributed by atoms with Crippen LogP contribution in [0.25, 0.3) is 0 Å². The molecule has 0 radical (unpaired) electrons. The molecule has 7 heteroatoms. The molecule has 0 bridgehead atoms. The summed E-state index contributed by atoms with van der Waals surface area (Å²) in [6.45, 7) is 1.16. The topological polar surface area (TPSA) is 87.2 Å². The van der Waals surface area contributed by atoms with Gasteiger partial charge in [0, 0.05) is 32.8 Å². The second-order valence-electron chi connectivity index (χ2n) is 6.31. The summed E-state index contributed by atoms with van der Waals surface area (Å²) in [6.07, 6.45) is 1.25. The van der Waals surface area contributed by atoms with Crippen molar-refractivity contribution in [3.05, 3.63) is 35.4 Å². The number of amides is 2. The maximum Gasteiger partial charge on any atom is 0.308 e. The van der Waals surface area contributed by atoms with E-state index in [1.54, 1.807) is 26.3 Å². The van der Waals surface area contributed by atoms with Crippen molar-refractivity contribution in [3.63, 3.8) is 0 Å². The van der Waals surface area contributed by atoms with Crippen LogP contribution in [0.4, 0.5) is 0 Å². The molecule has 7 nitrogen and oxygen atoms in total. The molecule has 1 aliphatic heterocycles. The lowest BCUT2D eigenvalue weighted by atomic mass is 9.98. The Kier molecular flexibility index (Phi) is 6.52. The summed E-state index contributed by atoms with van der Waals surface area (Å²) in [5, 5.41) is 9.11. The maximum absolute atomic E-state index is 12.4. The molecule has 1 aromatic carbocycles. The van der Waals surface area contributed by atoms with Crippen LogP contribution < -0.4 is 0 Å². The predicted octanol–water partition coefficient (Wildman–Crippen LogP) is 1.23. The van der Waals surface area contributed by atoms with Crippen molar-refractivity contribution in [1.82, 2.24) is 9.80 Å². The predicted molar refractivity (Wildman–Crippen MR) is 91.1 cm³/mol. The number of likely N-dealkylation sites (tertiary alicyclic amines) is 1. The number of nitrogens with zero attached hydrogens (tertiary/aromatic N) is 2. The van der Waals surface area contributed by atoms with E-state index >= 15 is 0 Å². The van der Waals surface area contributed by atoms with Gasteiger partial charge in [-0.15, -0.1) is 0 Å². The Labute approximate surface area is 147 Å². The number of likely N-dealkylation sites (N-methyl/N-ethyl adjacent to an activating group) is 1. The number of carbonyl (C=O) groups is 3. The third kappa shape index (κ3) is 5.03. The molecule has 1 N–H and O–H groups in total. The SMILES string of the molecule is COCc1ccc(C(=O)N(C)CC(=O)N2CCCC(C(=O)O)C2)cc1. The Balaban J connectivity index is 1.93. The van der Waals surface area contributed by atoms with Crippen molar-refractivity contribution in [3.8, 4) is 0 Å². The van der Waals surface area contributed by atoms with Gasteiger partial charge in [0.1, 0.15) is 0 Å². The fraction of sp³-hybridized carbons (Fsp3) is 0.500. The molecular weight excluding hydrogens is 324 g/mol. The lowest BCUT2D eigenvalue weighted by Crippen LogP contribution is -2.46. The average molecular weight is 348 g/mol. The second kappa shape index (κ2) is 8.62. The molecule has 1 saturated heterocycles. The minimum Gasteiger partial charge on any atom is -0.481 e. The molecule has 2 amide bonds. The number of carboxylic acid groups (broad SMARTS) is 1. The zero-order chi connectivity index (χ0) is 18.4. The number of rotatable bonds is 6. The van der Waals surface area contributed by atoms with Crippen molar-refractivity contribution in [1.29, 1.82) is 0 Å². The van der Waals surface area contributed by atoms with Crippen LogP contribution in [0.1, 0.15) is 28.8 Å². The van der Waals surface area contributed by atoms with E-state index in [4.69, 9.17) is 9.84 Å². The summed E-state index contributed by atoms with van der Waals surface area (Å²) < 4.78 is 5.03. The van der Waals surface area contributed by atoms with Crippen LogP contribution >= 0.6 is 0 Å². The van der Waals surface area contributed by atoms with Crippen LogP contribution in [0.2, 0.25) is 0 Å². The summed E-state index contributed by atoms with van der Waals surface area (Å²) in [7, 11) is 3.18. The Morgan fingerprint density at radius 3 is 2.56 bits per heavy atom. The Morgan fingerprint density at radius 2 is 1.96 bits per heavy atom. The number of benzene rings is 1. The quantitative estimate of drug-likeness (QED) is 0.835. The summed E-state index contributed by atoms with van der Waals surface area (Å²) in [5.41, 5.74) is 1.46. The van der Waals surface area contributed by atoms with E-state index in [1.165, 1.54) is 9.80 Å². The number of ether oxygens (including phenoxy) is 1. The molecule has 1 heterocycles. The first kappa shape index (κ1) is 18.9. The van der Waals surface area contributed by atoms with Gasteiger partial charge >= 0.3 is 5.97 Å². The molecular formula is C18H24N2O5. The van der Waals surface area contributed by atoms with E-state index in [1.807, 2.05) is 12.1 Å². The molecule has 0 saturated carbocycles. The lowest BCUT2D eigenvalue weighted by Gasteiger charge is -2.32. The van der Waals surface area contributed by atoms with E-state index in [0.717, 1.165) is 5.56 Å². The van der Waals surface area contributed by atoms with E-state index in [-0.39, 0.29) is 24.9 Å². The number of aliphatic carboxylic acids is 1. The summed E-state index contributed by atoms with van der Waals surface area (Å²) in [5.74, 6) is -1.87. The van der Waals surface area contributed by atoms with Gasteiger partial charge in [0.15, 0.2) is 0 Å². The number of methoxy groups -OCH3 is 1. The first-order valence-corrected chi connectivity index (χ1v) is 8.26. The van der Waals surface area contributed by atoms with Gasteiger partial charge in [-0.25, -0.2) is 0 Å². The van der Waals surface area contributed by atoms with Crippen LogP contribution in [-0.4, -0.2) is 66.5 Å². The standard InChI is InChI=1S/C18H24N2O5/c1-19(17(22)14-7-5-13(6-8-14)12-25-2)11-16(21)20-9-3-4-15(10-20)18(23)24/h5-8,15H,3-4,9-12H2,1-2H3,(H,23,24). The highest BCUT2D eigenvalue weighted by molar-refractivity contribution is 5.96. The number of hydrogen-bond acceptors (Lipinski definition) is 4. The molecule has 136 valence electrons. The molecule has 1 fully saturated rings. The third-order valence-electron chi connectivity index (χ3n) is 4.35. The number of carboxylic acids is 1. The average Bonchev–Trinajstić information content (AvgIpc) is 2.62. The van der Waals surface area contributed by atoms with Crippen LogP contribution in [0.3, 0.4) is 0 Å². The van der Waals surface area contributed by atoms with Crippen molar-refractivity contribution < 1.29 is 24.2 Å². The number of carbonyl (C=O) groups excluding carboxylic acids is 2. The molecule has 1 aliphatic rings. The first-order chi connectivity index (χ1) is 11.9. The molecule has 2 rings (SSSR count). The van der Waals surface area contributed by atoms with Gasteiger partial charge in [-0.05, 0) is 30.5 Å². The van der Waals surface area contributed by atoms with Crippen molar-refractivity contribution in [2.75, 3.05) is 33.8 Å². The van der Waals surface area contributed by atoms with E-state index in [2.05, 4.69) is 0 Å². The molecule has 0 aliphatic carbocycles. The van der Waals surface area contributed by atoms with Crippen LogP contribution in [0.5, 0.6) is 0 Å². The van der Waals surface area contributed by atoms with Crippen molar-refractivity contribution >= 4 is 17.8 Å². The number of piperidine rings is 1. The van der Waals surface area contributed by atoms with Gasteiger partial charge in [-0.1, -0.05) is 12.1 Å². The van der Waals surface area contributed by atoms with Crippen LogP contribution in [0.15, 0.2) is 24.3 Å². The van der Waals surface area contributed by atoms with E-state index < -0.39 is 11.9 Å². The lowest BCUT2D eigenvalue weighted by molar-refractivity contribution is -0.145. The van der Waals surface area contributed by atoms with E-state index in [0.29, 0.717) is 31.6 Å². The highest BCUT2D eigenvalue weighted by Gasteiger charge is 2.29. The Morgan fingerprint density at radius 1 is 1.28 bits per heavy atom. The largest absolute Gasteiger partial charge is 0.481 e. The third-order valence-corrected chi connectivity index (χ3v) is 4.35. The molecule has 1 aromatic rings. The van der Waals surface area contributed by atoms with Gasteiger partial charge in [0.2, 0.25) is 5.91 Å². The smallest absolute Gasteiger partial charge is 0.308 e. The fourth-order valence-corrected chi connectivity index (χ4v) is 2.91. The van der Waals surface area contributed by atoms with Crippen LogP contribution in [-0.2, 0) is 20.9 Å². The van der Waals surface area contributed by atoms with Gasteiger partial charge in [0.05, 0.1) is 19.1 Å². The minimum absolute atomic E-state index is 0.0645. The van der Waals surface area contributed by atoms with Gasteiger partial charge in [-0.3, -0.25) is 14.4 Å². The summed E-state index contributed by atoms with van der Waals surface area (Å²) in [6, 6.07) is 7.04. The molecule has 25 heavy (non-hydrogen) atoms. The maximum atomic E-state index is 12.4. The Bertz CT molecular complexity index is 629. The number of hydrogen-bond donors (Lipinski definition) is 1. The summed E-state index contributed by atoms with van der Waals surface area (Å²) >= 11 is 0. The zero-order valence-electron chi connectivity index (χ0n) is 14.6. The first-order valence-electron chi connectivity index (χ1n) is 8.26. The molecule has 0 spiro atoms. The highest BCUT2D eigenvalue weighted by Crippen LogP contribution is 2.17. The summed E-state index contributed by atoms with van der Waals surface area (Å²) in [4.78, 5) is 38.8. The van der Waals surface area contributed by atoms with Crippen LogP contribution in [0, 0.1) is 5.92 Å². The zero-order valence-corrected chi connectivity index (χ0v) is 14.6. The molecule has 1 atom stereocenters. The molecule has 1 unspecified atom stereocenters. The highest BCUT2D eigenvalue weighted by atomic mass is 16.5. The monoisotopic (exact) mass is 348 g/mol. The minimum atomic E-state index is -0.877. The Hall–Kier alpha value is -2.41. The van der Waals surface area contributed by atoms with Crippen molar-refractivity contribution in [2.24, 2.45) is 5.92 Å².